The summed E-state index contributed by atoms with van der Waals surface area (Å²) in [5.74, 6) is -1.12. The highest BCUT2D eigenvalue weighted by Gasteiger charge is 2.38. The van der Waals surface area contributed by atoms with Crippen molar-refractivity contribution in [1.82, 2.24) is 20.2 Å². The molecule has 0 bridgehead atoms. The number of nitrogens with one attached hydrogen (secondary N) is 2. The van der Waals surface area contributed by atoms with Crippen LogP contribution in [0.4, 0.5) is 4.39 Å². The molecule has 1 unspecified atom stereocenters. The molecule has 2 aromatic rings. The number of amides is 1. The predicted molar refractivity (Wildman–Crippen MR) is 106 cm³/mol. The van der Waals surface area contributed by atoms with Crippen LogP contribution in [0.25, 0.3) is 11.4 Å². The largest absolute Gasteiger partial charge is 0.359 e. The summed E-state index contributed by atoms with van der Waals surface area (Å²) in [6.45, 7) is 4.77. The van der Waals surface area contributed by atoms with Gasteiger partial charge in [-0.1, -0.05) is 30.3 Å². The van der Waals surface area contributed by atoms with Crippen molar-refractivity contribution >= 4 is 11.7 Å². The molecule has 0 saturated heterocycles. The maximum absolute atomic E-state index is 14.6. The highest BCUT2D eigenvalue weighted by Crippen LogP contribution is 2.29. The van der Waals surface area contributed by atoms with Crippen LogP contribution in [0.2, 0.25) is 0 Å². The summed E-state index contributed by atoms with van der Waals surface area (Å²) < 4.78 is 16.7. The number of rotatable bonds is 6. The first-order chi connectivity index (χ1) is 13.3. The second kappa shape index (κ2) is 8.22. The Hall–Kier alpha value is -2.54. The fraction of sp³-hybridized carbons (Fsp3) is 0.476. The molecule has 1 aliphatic heterocycles. The SMILES string of the molecule is CNC(=O)C(CC(=O)c1nc(-c2ccccc2)n2c1CNCCC2)C(C)(C)F. The number of ketones is 1. The lowest BCUT2D eigenvalue weighted by molar-refractivity contribution is -0.128. The van der Waals surface area contributed by atoms with Crippen molar-refractivity contribution in [1.29, 1.82) is 0 Å². The molecular formula is C21H27FN4O2. The van der Waals surface area contributed by atoms with Gasteiger partial charge in [-0.05, 0) is 26.8 Å². The number of benzene rings is 1. The number of carbonyl (C=O) groups is 2. The Balaban J connectivity index is 2.00. The van der Waals surface area contributed by atoms with E-state index in [2.05, 4.69) is 20.2 Å². The molecule has 3 rings (SSSR count). The summed E-state index contributed by atoms with van der Waals surface area (Å²) in [5, 5.41) is 5.78. The standard InChI is InChI=1S/C21H27FN4O2/c1-21(2,22)15(20(28)23-3)12-17(27)18-16-13-24-10-7-11-26(16)19(25-18)14-8-5-4-6-9-14/h4-6,8-9,15,24H,7,10-13H2,1-3H3,(H,23,28). The van der Waals surface area contributed by atoms with E-state index in [0.717, 1.165) is 36.6 Å². The highest BCUT2D eigenvalue weighted by molar-refractivity contribution is 5.99. The minimum absolute atomic E-state index is 0.221. The van der Waals surface area contributed by atoms with E-state index >= 15 is 0 Å². The fourth-order valence-corrected chi connectivity index (χ4v) is 3.61. The first kappa shape index (κ1) is 20.2. The Morgan fingerprint density at radius 2 is 2.04 bits per heavy atom. The first-order valence-electron chi connectivity index (χ1n) is 9.62. The smallest absolute Gasteiger partial charge is 0.226 e. The Kier molecular flexibility index (Phi) is 5.93. The molecule has 6 nitrogen and oxygen atoms in total. The van der Waals surface area contributed by atoms with Gasteiger partial charge in [0.1, 0.15) is 17.2 Å². The molecule has 2 N–H and O–H groups in total. The van der Waals surface area contributed by atoms with Crippen molar-refractivity contribution in [2.75, 3.05) is 13.6 Å². The summed E-state index contributed by atoms with van der Waals surface area (Å²) in [4.78, 5) is 29.9. The highest BCUT2D eigenvalue weighted by atomic mass is 19.1. The Morgan fingerprint density at radius 3 is 2.68 bits per heavy atom. The average molecular weight is 386 g/mol. The Bertz CT molecular complexity index is 855. The zero-order valence-corrected chi connectivity index (χ0v) is 16.6. The quantitative estimate of drug-likeness (QED) is 0.749. The van der Waals surface area contributed by atoms with E-state index in [4.69, 9.17) is 0 Å². The van der Waals surface area contributed by atoms with E-state index in [1.54, 1.807) is 0 Å². The van der Waals surface area contributed by atoms with Crippen LogP contribution in [0.3, 0.4) is 0 Å². The van der Waals surface area contributed by atoms with Crippen LogP contribution in [0.15, 0.2) is 30.3 Å². The third-order valence-electron chi connectivity index (χ3n) is 5.18. The maximum Gasteiger partial charge on any atom is 0.226 e. The predicted octanol–water partition coefficient (Wildman–Crippen LogP) is 2.73. The molecule has 0 saturated carbocycles. The third-order valence-corrected chi connectivity index (χ3v) is 5.18. The van der Waals surface area contributed by atoms with Crippen LogP contribution < -0.4 is 10.6 Å². The number of Topliss-reactive ketones (excluding diaryl/α,β-unsaturated/α-hetero) is 1. The van der Waals surface area contributed by atoms with Crippen LogP contribution in [-0.2, 0) is 17.9 Å². The summed E-state index contributed by atoms with van der Waals surface area (Å²) in [6.07, 6.45) is 0.705. The molecule has 7 heteroatoms. The van der Waals surface area contributed by atoms with E-state index in [1.807, 2.05) is 30.3 Å². The minimum atomic E-state index is -1.81. The summed E-state index contributed by atoms with van der Waals surface area (Å²) in [5.41, 5.74) is 0.242. The molecule has 1 amide bonds. The van der Waals surface area contributed by atoms with Gasteiger partial charge in [-0.3, -0.25) is 9.59 Å². The summed E-state index contributed by atoms with van der Waals surface area (Å²) in [6, 6.07) is 9.71. The molecule has 1 aromatic heterocycles. The monoisotopic (exact) mass is 386 g/mol. The third kappa shape index (κ3) is 4.14. The van der Waals surface area contributed by atoms with Gasteiger partial charge in [0.05, 0.1) is 11.6 Å². The Morgan fingerprint density at radius 1 is 1.32 bits per heavy atom. The zero-order chi connectivity index (χ0) is 20.3. The van der Waals surface area contributed by atoms with Gasteiger partial charge in [0.25, 0.3) is 0 Å². The molecule has 0 fully saturated rings. The second-order valence-corrected chi connectivity index (χ2v) is 7.64. The number of hydrogen-bond donors (Lipinski definition) is 2. The van der Waals surface area contributed by atoms with Gasteiger partial charge in [-0.2, -0.15) is 0 Å². The van der Waals surface area contributed by atoms with Gasteiger partial charge < -0.3 is 15.2 Å². The van der Waals surface area contributed by atoms with Crippen molar-refractivity contribution in [3.8, 4) is 11.4 Å². The fourth-order valence-electron chi connectivity index (χ4n) is 3.61. The molecule has 0 radical (unpaired) electrons. The lowest BCUT2D eigenvalue weighted by Crippen LogP contribution is -2.40. The van der Waals surface area contributed by atoms with Crippen molar-refractivity contribution in [2.45, 2.75) is 45.4 Å². The number of imidazole rings is 1. The van der Waals surface area contributed by atoms with E-state index in [1.165, 1.54) is 20.9 Å². The number of nitrogens with zero attached hydrogens (tertiary/aromatic N) is 2. The lowest BCUT2D eigenvalue weighted by Gasteiger charge is -2.24. The van der Waals surface area contributed by atoms with Crippen LogP contribution in [-0.4, -0.2) is 40.5 Å². The van der Waals surface area contributed by atoms with Crippen LogP contribution >= 0.6 is 0 Å². The molecule has 28 heavy (non-hydrogen) atoms. The van der Waals surface area contributed by atoms with Crippen LogP contribution in [0.5, 0.6) is 0 Å². The zero-order valence-electron chi connectivity index (χ0n) is 16.6. The molecule has 150 valence electrons. The van der Waals surface area contributed by atoms with Gasteiger partial charge in [0, 0.05) is 32.1 Å². The van der Waals surface area contributed by atoms with Crippen molar-refractivity contribution in [3.05, 3.63) is 41.7 Å². The number of alkyl halides is 1. The number of carbonyl (C=O) groups excluding carboxylic acids is 2. The number of fused-ring (bicyclic) bond motifs is 1. The van der Waals surface area contributed by atoms with Gasteiger partial charge in [-0.25, -0.2) is 9.37 Å². The number of aromatic nitrogens is 2. The van der Waals surface area contributed by atoms with Crippen molar-refractivity contribution in [3.63, 3.8) is 0 Å². The average Bonchev–Trinajstić information content (AvgIpc) is 2.86. The van der Waals surface area contributed by atoms with E-state index in [0.29, 0.717) is 12.2 Å². The van der Waals surface area contributed by atoms with Crippen LogP contribution in [0.1, 0.15) is 42.9 Å². The minimum Gasteiger partial charge on any atom is -0.359 e. The summed E-state index contributed by atoms with van der Waals surface area (Å²) >= 11 is 0. The number of hydrogen-bond acceptors (Lipinski definition) is 4. The van der Waals surface area contributed by atoms with E-state index in [9.17, 15) is 14.0 Å². The van der Waals surface area contributed by atoms with Gasteiger partial charge in [0.2, 0.25) is 5.91 Å². The maximum atomic E-state index is 14.6. The molecule has 2 heterocycles. The van der Waals surface area contributed by atoms with Crippen LogP contribution in [0, 0.1) is 5.92 Å². The molecule has 1 atom stereocenters. The van der Waals surface area contributed by atoms with Gasteiger partial charge in [0.15, 0.2) is 5.78 Å². The second-order valence-electron chi connectivity index (χ2n) is 7.64. The first-order valence-corrected chi connectivity index (χ1v) is 9.62. The van der Waals surface area contributed by atoms with E-state index in [-0.39, 0.29) is 12.2 Å². The topological polar surface area (TPSA) is 76.0 Å². The number of halogens is 1. The molecule has 1 aromatic carbocycles. The van der Waals surface area contributed by atoms with Gasteiger partial charge >= 0.3 is 0 Å². The normalized spacial score (nSPS) is 15.4. The Labute approximate surface area is 164 Å². The van der Waals surface area contributed by atoms with Crippen molar-refractivity contribution in [2.24, 2.45) is 5.92 Å². The molecule has 0 spiro atoms. The van der Waals surface area contributed by atoms with Gasteiger partial charge in [-0.15, -0.1) is 0 Å². The molecule has 1 aliphatic rings. The van der Waals surface area contributed by atoms with Crippen molar-refractivity contribution < 1.29 is 14.0 Å². The molecular weight excluding hydrogens is 359 g/mol. The summed E-state index contributed by atoms with van der Waals surface area (Å²) in [7, 11) is 1.45. The lowest BCUT2D eigenvalue weighted by atomic mass is 9.86. The molecule has 0 aliphatic carbocycles. The van der Waals surface area contributed by atoms with E-state index < -0.39 is 17.5 Å².